The molecule has 0 aliphatic rings. The SMILES string of the molecule is O=C(Nc1ccc(Br)c(O)c1)c1ccc(OC(F)(F)F)cc1. The highest BCUT2D eigenvalue weighted by Gasteiger charge is 2.31. The normalized spacial score (nSPS) is 11.1. The average molecular weight is 376 g/mol. The largest absolute Gasteiger partial charge is 0.573 e. The molecule has 22 heavy (non-hydrogen) atoms. The Morgan fingerprint density at radius 1 is 1.14 bits per heavy atom. The van der Waals surface area contributed by atoms with E-state index in [4.69, 9.17) is 0 Å². The molecule has 0 saturated carbocycles. The molecule has 0 saturated heterocycles. The summed E-state index contributed by atoms with van der Waals surface area (Å²) in [6.07, 6.45) is -4.78. The number of rotatable bonds is 3. The van der Waals surface area contributed by atoms with Crippen LogP contribution in [0.2, 0.25) is 0 Å². The lowest BCUT2D eigenvalue weighted by atomic mass is 10.2. The number of hydrogen-bond acceptors (Lipinski definition) is 3. The molecule has 0 atom stereocenters. The Morgan fingerprint density at radius 3 is 2.32 bits per heavy atom. The Morgan fingerprint density at radius 2 is 1.77 bits per heavy atom. The van der Waals surface area contributed by atoms with Gasteiger partial charge in [0.05, 0.1) is 4.47 Å². The van der Waals surface area contributed by atoms with Gasteiger partial charge < -0.3 is 15.2 Å². The quantitative estimate of drug-likeness (QED) is 0.840. The molecule has 0 aromatic heterocycles. The van der Waals surface area contributed by atoms with Crippen LogP contribution in [0, 0.1) is 0 Å². The highest BCUT2D eigenvalue weighted by atomic mass is 79.9. The molecule has 0 fully saturated rings. The molecule has 0 heterocycles. The van der Waals surface area contributed by atoms with E-state index >= 15 is 0 Å². The Balaban J connectivity index is 2.08. The lowest BCUT2D eigenvalue weighted by Gasteiger charge is -2.10. The zero-order valence-corrected chi connectivity index (χ0v) is 12.4. The van der Waals surface area contributed by atoms with Crippen LogP contribution in [0.3, 0.4) is 0 Å². The van der Waals surface area contributed by atoms with Gasteiger partial charge in [0, 0.05) is 17.3 Å². The molecule has 0 unspecified atom stereocenters. The first kappa shape index (κ1) is 16.2. The van der Waals surface area contributed by atoms with Crippen LogP contribution in [0.5, 0.6) is 11.5 Å². The predicted octanol–water partition coefficient (Wildman–Crippen LogP) is 4.31. The molecule has 2 aromatic carbocycles. The zero-order chi connectivity index (χ0) is 16.3. The minimum atomic E-state index is -4.78. The molecule has 1 amide bonds. The lowest BCUT2D eigenvalue weighted by Crippen LogP contribution is -2.17. The van der Waals surface area contributed by atoms with E-state index in [1.54, 1.807) is 12.1 Å². The summed E-state index contributed by atoms with van der Waals surface area (Å²) in [7, 11) is 0. The molecule has 116 valence electrons. The van der Waals surface area contributed by atoms with Crippen LogP contribution in [0.1, 0.15) is 10.4 Å². The van der Waals surface area contributed by atoms with Crippen LogP contribution in [0.25, 0.3) is 0 Å². The van der Waals surface area contributed by atoms with Gasteiger partial charge in [0.1, 0.15) is 11.5 Å². The summed E-state index contributed by atoms with van der Waals surface area (Å²) in [4.78, 5) is 11.9. The minimum Gasteiger partial charge on any atom is -0.507 e. The second-order valence-corrected chi connectivity index (χ2v) is 5.05. The first-order valence-corrected chi connectivity index (χ1v) is 6.69. The first-order chi connectivity index (χ1) is 10.2. The lowest BCUT2D eigenvalue weighted by molar-refractivity contribution is -0.274. The van der Waals surface area contributed by atoms with E-state index in [-0.39, 0.29) is 11.3 Å². The van der Waals surface area contributed by atoms with Gasteiger partial charge >= 0.3 is 6.36 Å². The predicted molar refractivity (Wildman–Crippen MR) is 76.9 cm³/mol. The summed E-state index contributed by atoms with van der Waals surface area (Å²) in [5.74, 6) is -0.989. The molecule has 0 radical (unpaired) electrons. The number of amides is 1. The van der Waals surface area contributed by atoms with Crippen molar-refractivity contribution in [2.75, 3.05) is 5.32 Å². The fraction of sp³-hybridized carbons (Fsp3) is 0.0714. The molecule has 0 aliphatic carbocycles. The molecule has 4 nitrogen and oxygen atoms in total. The molecule has 0 spiro atoms. The van der Waals surface area contributed by atoms with E-state index in [1.165, 1.54) is 18.2 Å². The van der Waals surface area contributed by atoms with Crippen LogP contribution in [0.15, 0.2) is 46.9 Å². The Bertz CT molecular complexity index is 687. The van der Waals surface area contributed by atoms with Gasteiger partial charge in [-0.25, -0.2) is 0 Å². The third kappa shape index (κ3) is 4.39. The topological polar surface area (TPSA) is 58.6 Å². The number of nitrogens with one attached hydrogen (secondary N) is 1. The Kier molecular flexibility index (Phi) is 4.60. The fourth-order valence-electron chi connectivity index (χ4n) is 1.60. The summed E-state index contributed by atoms with van der Waals surface area (Å²) >= 11 is 3.10. The van der Waals surface area contributed by atoms with E-state index in [9.17, 15) is 23.1 Å². The van der Waals surface area contributed by atoms with Gasteiger partial charge in [-0.1, -0.05) is 0 Å². The van der Waals surface area contributed by atoms with Crippen LogP contribution >= 0.6 is 15.9 Å². The van der Waals surface area contributed by atoms with Gasteiger partial charge in [0.25, 0.3) is 5.91 Å². The molecule has 0 bridgehead atoms. The number of hydrogen-bond donors (Lipinski definition) is 2. The standard InChI is InChI=1S/C14H9BrF3NO3/c15-11-6-3-9(7-12(11)20)19-13(21)8-1-4-10(5-2-8)22-14(16,17)18/h1-7,20H,(H,19,21). The van der Waals surface area contributed by atoms with E-state index in [1.807, 2.05) is 0 Å². The third-order valence-electron chi connectivity index (χ3n) is 2.55. The summed E-state index contributed by atoms with van der Waals surface area (Å²) in [5.41, 5.74) is 0.498. The van der Waals surface area contributed by atoms with Gasteiger partial charge in [0.2, 0.25) is 0 Å². The number of ether oxygens (including phenoxy) is 1. The number of anilines is 1. The second kappa shape index (κ2) is 6.27. The van der Waals surface area contributed by atoms with Crippen molar-refractivity contribution in [1.29, 1.82) is 0 Å². The molecule has 8 heteroatoms. The van der Waals surface area contributed by atoms with Crippen molar-refractivity contribution in [3.05, 3.63) is 52.5 Å². The Labute approximate surface area is 131 Å². The second-order valence-electron chi connectivity index (χ2n) is 4.19. The molecule has 2 rings (SSSR count). The van der Waals surface area contributed by atoms with Crippen LogP contribution in [-0.2, 0) is 0 Å². The van der Waals surface area contributed by atoms with Gasteiger partial charge in [0.15, 0.2) is 0 Å². The van der Waals surface area contributed by atoms with E-state index in [2.05, 4.69) is 26.0 Å². The van der Waals surface area contributed by atoms with Crippen molar-refractivity contribution in [1.82, 2.24) is 0 Å². The van der Waals surface area contributed by atoms with Gasteiger partial charge in [-0.05, 0) is 52.3 Å². The molecule has 2 N–H and O–H groups in total. The van der Waals surface area contributed by atoms with Gasteiger partial charge in [-0.3, -0.25) is 4.79 Å². The number of carbonyl (C=O) groups excluding carboxylic acids is 1. The average Bonchev–Trinajstić information content (AvgIpc) is 2.42. The maximum Gasteiger partial charge on any atom is 0.573 e. The van der Waals surface area contributed by atoms with Crippen molar-refractivity contribution in [2.24, 2.45) is 0 Å². The van der Waals surface area contributed by atoms with E-state index in [0.29, 0.717) is 10.2 Å². The van der Waals surface area contributed by atoms with E-state index in [0.717, 1.165) is 12.1 Å². The van der Waals surface area contributed by atoms with Crippen molar-refractivity contribution in [3.63, 3.8) is 0 Å². The van der Waals surface area contributed by atoms with Gasteiger partial charge in [-0.15, -0.1) is 13.2 Å². The number of benzene rings is 2. The number of phenolic OH excluding ortho intramolecular Hbond substituents is 1. The summed E-state index contributed by atoms with van der Waals surface area (Å²) in [6, 6.07) is 8.93. The van der Waals surface area contributed by atoms with Crippen molar-refractivity contribution in [2.45, 2.75) is 6.36 Å². The number of halogens is 4. The molecule has 0 aliphatic heterocycles. The van der Waals surface area contributed by atoms with Crippen LogP contribution < -0.4 is 10.1 Å². The molecular formula is C14H9BrF3NO3. The highest BCUT2D eigenvalue weighted by molar-refractivity contribution is 9.10. The molecular weight excluding hydrogens is 367 g/mol. The van der Waals surface area contributed by atoms with Crippen LogP contribution in [0.4, 0.5) is 18.9 Å². The van der Waals surface area contributed by atoms with Gasteiger partial charge in [-0.2, -0.15) is 0 Å². The number of carbonyl (C=O) groups is 1. The van der Waals surface area contributed by atoms with E-state index < -0.39 is 18.0 Å². The smallest absolute Gasteiger partial charge is 0.507 e. The van der Waals surface area contributed by atoms with Crippen molar-refractivity contribution < 1.29 is 27.8 Å². The number of aromatic hydroxyl groups is 1. The number of alkyl halides is 3. The molecule has 2 aromatic rings. The summed E-state index contributed by atoms with van der Waals surface area (Å²) in [6.45, 7) is 0. The fourth-order valence-corrected chi connectivity index (χ4v) is 1.85. The monoisotopic (exact) mass is 375 g/mol. The highest BCUT2D eigenvalue weighted by Crippen LogP contribution is 2.27. The zero-order valence-electron chi connectivity index (χ0n) is 10.8. The summed E-state index contributed by atoms with van der Waals surface area (Å²) < 4.78 is 40.3. The maximum atomic E-state index is 12.0. The third-order valence-corrected chi connectivity index (χ3v) is 3.22. The van der Waals surface area contributed by atoms with Crippen molar-refractivity contribution >= 4 is 27.5 Å². The number of phenols is 1. The maximum absolute atomic E-state index is 12.0. The van der Waals surface area contributed by atoms with Crippen molar-refractivity contribution in [3.8, 4) is 11.5 Å². The Hall–Kier alpha value is -2.22. The summed E-state index contributed by atoms with van der Waals surface area (Å²) in [5, 5.41) is 12.0. The minimum absolute atomic E-state index is 0.0493. The van der Waals surface area contributed by atoms with Crippen LogP contribution in [-0.4, -0.2) is 17.4 Å². The first-order valence-electron chi connectivity index (χ1n) is 5.90.